The minimum absolute atomic E-state index is 0.139. The summed E-state index contributed by atoms with van der Waals surface area (Å²) in [5.74, 6) is -9.96. The largest absolute Gasteiger partial charge is 0.310 e. The minimum atomic E-state index is -2.20. The van der Waals surface area contributed by atoms with Crippen LogP contribution in [0.3, 0.4) is 0 Å². The van der Waals surface area contributed by atoms with Crippen LogP contribution >= 0.6 is 0 Å². The maximum atomic E-state index is 15.5. The van der Waals surface area contributed by atoms with Gasteiger partial charge in [0.1, 0.15) is 0 Å². The second-order valence-corrected chi connectivity index (χ2v) is 15.0. The molecule has 61 heavy (non-hydrogen) atoms. The summed E-state index contributed by atoms with van der Waals surface area (Å²) in [6.07, 6.45) is 0. The molecule has 6 heteroatoms. The monoisotopic (exact) mass is 803 g/mol. The lowest BCUT2D eigenvalue weighted by atomic mass is 9.67. The fourth-order valence-corrected chi connectivity index (χ4v) is 9.04. The molecule has 9 aromatic rings. The molecule has 1 unspecified atom stereocenters. The van der Waals surface area contributed by atoms with E-state index < -0.39 is 40.1 Å². The summed E-state index contributed by atoms with van der Waals surface area (Å²) in [6, 6.07) is 67.7. The first-order chi connectivity index (χ1) is 29.9. The highest BCUT2D eigenvalue weighted by Crippen LogP contribution is 2.58. The predicted molar refractivity (Wildman–Crippen MR) is 235 cm³/mol. The Labute approximate surface area is 350 Å². The number of para-hydroxylation sites is 1. The van der Waals surface area contributed by atoms with E-state index >= 15 is 8.78 Å². The lowest BCUT2D eigenvalue weighted by molar-refractivity contribution is 0.381. The average molecular weight is 804 g/mol. The summed E-state index contributed by atoms with van der Waals surface area (Å²) >= 11 is 0. The molecule has 0 aliphatic heterocycles. The van der Waals surface area contributed by atoms with Crippen LogP contribution in [0.15, 0.2) is 206 Å². The van der Waals surface area contributed by atoms with Gasteiger partial charge in [0.25, 0.3) is 0 Å². The molecular weight excluding hydrogens is 770 g/mol. The molecule has 0 fully saturated rings. The molecular formula is C55H34F5N. The maximum absolute atomic E-state index is 15.5. The molecule has 0 heterocycles. The first-order valence-electron chi connectivity index (χ1n) is 19.9. The molecule has 294 valence electrons. The van der Waals surface area contributed by atoms with Crippen molar-refractivity contribution in [2.45, 2.75) is 5.41 Å². The molecule has 0 bridgehead atoms. The molecule has 0 aromatic heterocycles. The van der Waals surface area contributed by atoms with Crippen molar-refractivity contribution in [2.75, 3.05) is 4.90 Å². The molecule has 1 nitrogen and oxygen atoms in total. The third kappa shape index (κ3) is 6.13. The highest BCUT2D eigenvalue weighted by Gasteiger charge is 2.46. The van der Waals surface area contributed by atoms with Crippen LogP contribution in [0.4, 0.5) is 39.0 Å². The summed E-state index contributed by atoms with van der Waals surface area (Å²) in [6.45, 7) is 0. The Hall–Kier alpha value is -7.57. The molecule has 1 atom stereocenters. The van der Waals surface area contributed by atoms with Gasteiger partial charge >= 0.3 is 0 Å². The average Bonchev–Trinajstić information content (AvgIpc) is 3.62. The van der Waals surface area contributed by atoms with Crippen LogP contribution in [0.25, 0.3) is 44.5 Å². The lowest BCUT2D eigenvalue weighted by Crippen LogP contribution is -2.29. The summed E-state index contributed by atoms with van der Waals surface area (Å²) < 4.78 is 74.7. The van der Waals surface area contributed by atoms with E-state index in [0.717, 1.165) is 67.1 Å². The van der Waals surface area contributed by atoms with Crippen LogP contribution in [0.2, 0.25) is 0 Å². The number of anilines is 3. The second-order valence-electron chi connectivity index (χ2n) is 15.0. The Morgan fingerprint density at radius 3 is 1.49 bits per heavy atom. The summed E-state index contributed by atoms with van der Waals surface area (Å²) in [5, 5.41) is 0. The van der Waals surface area contributed by atoms with Gasteiger partial charge in [0.05, 0.1) is 16.7 Å². The van der Waals surface area contributed by atoms with Gasteiger partial charge in [-0.2, -0.15) is 0 Å². The van der Waals surface area contributed by atoms with E-state index in [1.54, 1.807) is 12.1 Å². The number of halogens is 5. The highest BCUT2D eigenvalue weighted by molar-refractivity contribution is 5.93. The number of fused-ring (bicyclic) bond motifs is 3. The SMILES string of the molecule is Fc1c(F)c(F)c(-c2cccc(C3(c4ccccc4)c4ccccc4-c4ccc(N(c5ccc(-c6ccccc6)cc5)c5ccccc5-c5ccccc5)cc43)c2)c(F)c1F. The summed E-state index contributed by atoms with van der Waals surface area (Å²) in [4.78, 5) is 2.24. The third-order valence-corrected chi connectivity index (χ3v) is 11.7. The third-order valence-electron chi connectivity index (χ3n) is 11.7. The van der Waals surface area contributed by atoms with Crippen molar-refractivity contribution in [2.24, 2.45) is 0 Å². The molecule has 1 aliphatic rings. The van der Waals surface area contributed by atoms with Gasteiger partial charge in [-0.05, 0) is 92.0 Å². The second kappa shape index (κ2) is 15.2. The van der Waals surface area contributed by atoms with Gasteiger partial charge in [0.15, 0.2) is 23.3 Å². The summed E-state index contributed by atoms with van der Waals surface area (Å²) in [7, 11) is 0. The first kappa shape index (κ1) is 37.7. The Kier molecular flexibility index (Phi) is 9.41. The van der Waals surface area contributed by atoms with Gasteiger partial charge in [-0.15, -0.1) is 0 Å². The van der Waals surface area contributed by atoms with Gasteiger partial charge in [-0.1, -0.05) is 170 Å². The van der Waals surface area contributed by atoms with Crippen LogP contribution in [0.1, 0.15) is 22.3 Å². The molecule has 9 aromatic carbocycles. The number of nitrogens with zero attached hydrogens (tertiary/aromatic N) is 1. The molecule has 0 amide bonds. The Morgan fingerprint density at radius 1 is 0.311 bits per heavy atom. The van der Waals surface area contributed by atoms with E-state index in [2.05, 4.69) is 89.8 Å². The van der Waals surface area contributed by atoms with E-state index in [4.69, 9.17) is 0 Å². The predicted octanol–water partition coefficient (Wildman–Crippen LogP) is 15.2. The first-order valence-corrected chi connectivity index (χ1v) is 19.9. The molecule has 0 saturated carbocycles. The van der Waals surface area contributed by atoms with Crippen molar-refractivity contribution in [1.29, 1.82) is 0 Å². The molecule has 0 radical (unpaired) electrons. The van der Waals surface area contributed by atoms with E-state index in [-0.39, 0.29) is 5.56 Å². The zero-order valence-corrected chi connectivity index (χ0v) is 32.5. The smallest absolute Gasteiger partial charge is 0.200 e. The zero-order valence-electron chi connectivity index (χ0n) is 32.5. The Morgan fingerprint density at radius 2 is 0.803 bits per heavy atom. The van der Waals surface area contributed by atoms with Crippen LogP contribution in [0, 0.1) is 29.1 Å². The maximum Gasteiger partial charge on any atom is 0.200 e. The zero-order chi connectivity index (χ0) is 41.7. The topological polar surface area (TPSA) is 3.24 Å². The molecule has 0 saturated heterocycles. The number of benzene rings is 9. The van der Waals surface area contributed by atoms with Gasteiger partial charge in [0.2, 0.25) is 5.82 Å². The molecule has 0 spiro atoms. The van der Waals surface area contributed by atoms with Crippen molar-refractivity contribution in [3.63, 3.8) is 0 Å². The van der Waals surface area contributed by atoms with Crippen molar-refractivity contribution in [1.82, 2.24) is 0 Å². The van der Waals surface area contributed by atoms with Gasteiger partial charge in [0, 0.05) is 16.9 Å². The molecule has 0 N–H and O–H groups in total. The van der Waals surface area contributed by atoms with Crippen molar-refractivity contribution >= 4 is 17.1 Å². The minimum Gasteiger partial charge on any atom is -0.310 e. The van der Waals surface area contributed by atoms with Crippen LogP contribution < -0.4 is 4.90 Å². The van der Waals surface area contributed by atoms with Crippen molar-refractivity contribution in [3.8, 4) is 44.5 Å². The number of hydrogen-bond donors (Lipinski definition) is 0. The standard InChI is InChI=1S/C55H34F5N/c56-50-49(51(57)53(59)54(60)52(50)58)38-19-14-22-40(33-38)55(39-20-8-3-9-21-39)46-25-12-10-24-44(46)45-32-31-42(34-47(45)55)61(41-29-27-36(28-30-41)35-15-4-1-5-16-35)48-26-13-11-23-43(48)37-17-6-2-7-18-37/h1-34H. The Balaban J connectivity index is 1.24. The Bertz CT molecular complexity index is 3050. The van der Waals surface area contributed by atoms with Gasteiger partial charge in [-0.25, -0.2) is 22.0 Å². The van der Waals surface area contributed by atoms with Gasteiger partial charge in [-0.3, -0.25) is 0 Å². The van der Waals surface area contributed by atoms with Gasteiger partial charge < -0.3 is 4.90 Å². The normalized spacial score (nSPS) is 14.0. The van der Waals surface area contributed by atoms with E-state index in [9.17, 15) is 13.2 Å². The number of hydrogen-bond acceptors (Lipinski definition) is 1. The lowest BCUT2D eigenvalue weighted by Gasteiger charge is -2.35. The number of rotatable bonds is 8. The van der Waals surface area contributed by atoms with Crippen molar-refractivity contribution < 1.29 is 22.0 Å². The van der Waals surface area contributed by atoms with E-state index in [0.29, 0.717) is 5.56 Å². The van der Waals surface area contributed by atoms with E-state index in [1.165, 1.54) is 6.07 Å². The summed E-state index contributed by atoms with van der Waals surface area (Å²) in [5.41, 5.74) is 9.86. The fraction of sp³-hybridized carbons (Fsp3) is 0.0182. The fourth-order valence-electron chi connectivity index (χ4n) is 9.04. The highest BCUT2D eigenvalue weighted by atomic mass is 19.2. The van der Waals surface area contributed by atoms with Crippen molar-refractivity contribution in [3.05, 3.63) is 258 Å². The van der Waals surface area contributed by atoms with Crippen LogP contribution in [-0.4, -0.2) is 0 Å². The quantitative estimate of drug-likeness (QED) is 0.0840. The van der Waals surface area contributed by atoms with E-state index in [1.807, 2.05) is 103 Å². The van der Waals surface area contributed by atoms with Crippen LogP contribution in [-0.2, 0) is 5.41 Å². The molecule has 1 aliphatic carbocycles. The molecule has 10 rings (SSSR count). The van der Waals surface area contributed by atoms with Crippen LogP contribution in [0.5, 0.6) is 0 Å².